The lowest BCUT2D eigenvalue weighted by Crippen LogP contribution is -2.35. The molecule has 1 aliphatic rings. The van der Waals surface area contributed by atoms with E-state index in [-0.39, 0.29) is 17.9 Å². The molecule has 1 heterocycles. The highest BCUT2D eigenvalue weighted by Crippen LogP contribution is 2.25. The quantitative estimate of drug-likeness (QED) is 0.884. The first-order valence-corrected chi connectivity index (χ1v) is 6.81. The van der Waals surface area contributed by atoms with Gasteiger partial charge in [-0.2, -0.15) is 0 Å². The van der Waals surface area contributed by atoms with Crippen molar-refractivity contribution in [1.29, 1.82) is 0 Å². The third-order valence-corrected chi connectivity index (χ3v) is 3.61. The van der Waals surface area contributed by atoms with E-state index in [1.165, 1.54) is 0 Å². The highest BCUT2D eigenvalue weighted by Gasteiger charge is 2.29. The maximum atomic E-state index is 12.6. The van der Waals surface area contributed by atoms with Gasteiger partial charge in [0.2, 0.25) is 5.91 Å². The van der Waals surface area contributed by atoms with E-state index in [1.54, 1.807) is 0 Å². The van der Waals surface area contributed by atoms with E-state index in [1.807, 2.05) is 35.2 Å². The summed E-state index contributed by atoms with van der Waals surface area (Å²) >= 11 is 0. The number of nitrogens with two attached hydrogens (primary N) is 1. The largest absolute Gasteiger partial charge is 0.341 e. The summed E-state index contributed by atoms with van der Waals surface area (Å²) in [6.45, 7) is 3.65. The molecule has 1 unspecified atom stereocenters. The summed E-state index contributed by atoms with van der Waals surface area (Å²) in [6.07, 6.45) is 2.86. The standard InChI is InChI=1S/C15H22N2O/c1-2-6-14(12-7-4-3-5-8-12)15(18)17-10-9-13(16)11-17/h3-5,7-8,13-14H,2,6,9-11,16H2,1H3/t13-,14?/m1/s1. The van der Waals surface area contributed by atoms with Crippen molar-refractivity contribution in [3.8, 4) is 0 Å². The molecule has 1 aliphatic heterocycles. The van der Waals surface area contributed by atoms with Crippen LogP contribution in [0.3, 0.4) is 0 Å². The van der Waals surface area contributed by atoms with Gasteiger partial charge in [-0.3, -0.25) is 4.79 Å². The smallest absolute Gasteiger partial charge is 0.230 e. The molecule has 0 radical (unpaired) electrons. The number of nitrogens with zero attached hydrogens (tertiary/aromatic N) is 1. The third-order valence-electron chi connectivity index (χ3n) is 3.61. The van der Waals surface area contributed by atoms with Crippen molar-refractivity contribution in [1.82, 2.24) is 4.90 Å². The van der Waals surface area contributed by atoms with Gasteiger partial charge in [-0.15, -0.1) is 0 Å². The molecular weight excluding hydrogens is 224 g/mol. The van der Waals surface area contributed by atoms with Crippen molar-refractivity contribution < 1.29 is 4.79 Å². The summed E-state index contributed by atoms with van der Waals surface area (Å²) in [4.78, 5) is 14.5. The van der Waals surface area contributed by atoms with Crippen molar-refractivity contribution in [2.45, 2.75) is 38.1 Å². The average molecular weight is 246 g/mol. The van der Waals surface area contributed by atoms with Gasteiger partial charge in [-0.05, 0) is 18.4 Å². The maximum Gasteiger partial charge on any atom is 0.230 e. The first kappa shape index (κ1) is 13.1. The molecular formula is C15H22N2O. The third kappa shape index (κ3) is 2.91. The molecule has 1 amide bonds. The number of likely N-dealkylation sites (tertiary alicyclic amines) is 1. The Labute approximate surface area is 109 Å². The van der Waals surface area contributed by atoms with E-state index >= 15 is 0 Å². The molecule has 2 N–H and O–H groups in total. The van der Waals surface area contributed by atoms with Crippen molar-refractivity contribution in [2.75, 3.05) is 13.1 Å². The van der Waals surface area contributed by atoms with Crippen LogP contribution in [0.1, 0.15) is 37.7 Å². The fourth-order valence-electron chi connectivity index (χ4n) is 2.61. The van der Waals surface area contributed by atoms with Crippen molar-refractivity contribution in [2.24, 2.45) is 5.73 Å². The molecule has 3 heteroatoms. The predicted octanol–water partition coefficient (Wildman–Crippen LogP) is 2.13. The number of amides is 1. The molecule has 2 rings (SSSR count). The number of hydrogen-bond acceptors (Lipinski definition) is 2. The van der Waals surface area contributed by atoms with Crippen molar-refractivity contribution in [3.63, 3.8) is 0 Å². The molecule has 0 saturated carbocycles. The number of carbonyl (C=O) groups excluding carboxylic acids is 1. The van der Waals surface area contributed by atoms with Crippen LogP contribution in [0.2, 0.25) is 0 Å². The predicted molar refractivity (Wildman–Crippen MR) is 73.3 cm³/mol. The van der Waals surface area contributed by atoms with Gasteiger partial charge >= 0.3 is 0 Å². The second-order valence-corrected chi connectivity index (χ2v) is 5.08. The Morgan fingerprint density at radius 1 is 1.44 bits per heavy atom. The Bertz CT molecular complexity index is 391. The van der Waals surface area contributed by atoms with Crippen LogP contribution in [0, 0.1) is 0 Å². The van der Waals surface area contributed by atoms with E-state index in [0.29, 0.717) is 6.54 Å². The molecule has 0 spiro atoms. The summed E-state index contributed by atoms with van der Waals surface area (Å²) in [5.41, 5.74) is 7.01. The molecule has 1 aromatic rings. The van der Waals surface area contributed by atoms with Crippen LogP contribution in [0.4, 0.5) is 0 Å². The first-order chi connectivity index (χ1) is 8.72. The Kier molecular flexibility index (Phi) is 4.37. The summed E-state index contributed by atoms with van der Waals surface area (Å²) < 4.78 is 0. The lowest BCUT2D eigenvalue weighted by atomic mass is 9.93. The van der Waals surface area contributed by atoms with Crippen molar-refractivity contribution in [3.05, 3.63) is 35.9 Å². The highest BCUT2D eigenvalue weighted by molar-refractivity contribution is 5.84. The van der Waals surface area contributed by atoms with Crippen LogP contribution in [-0.4, -0.2) is 29.9 Å². The van der Waals surface area contributed by atoms with Gasteiger partial charge in [0.05, 0.1) is 5.92 Å². The van der Waals surface area contributed by atoms with Crippen LogP contribution in [0.15, 0.2) is 30.3 Å². The van der Waals surface area contributed by atoms with Crippen LogP contribution in [-0.2, 0) is 4.79 Å². The normalized spacial score (nSPS) is 21.0. The monoisotopic (exact) mass is 246 g/mol. The topological polar surface area (TPSA) is 46.3 Å². The van der Waals surface area contributed by atoms with E-state index in [4.69, 9.17) is 5.73 Å². The van der Waals surface area contributed by atoms with E-state index < -0.39 is 0 Å². The number of benzene rings is 1. The van der Waals surface area contributed by atoms with Crippen LogP contribution in [0.5, 0.6) is 0 Å². The van der Waals surface area contributed by atoms with E-state index in [0.717, 1.165) is 31.4 Å². The SMILES string of the molecule is CCCC(C(=O)N1CC[C@@H](N)C1)c1ccccc1. The fraction of sp³-hybridized carbons (Fsp3) is 0.533. The second kappa shape index (κ2) is 6.01. The zero-order chi connectivity index (χ0) is 13.0. The minimum atomic E-state index is 0.00139. The minimum absolute atomic E-state index is 0.00139. The summed E-state index contributed by atoms with van der Waals surface area (Å²) in [5, 5.41) is 0. The van der Waals surface area contributed by atoms with Gasteiger partial charge < -0.3 is 10.6 Å². The Morgan fingerprint density at radius 3 is 2.72 bits per heavy atom. The molecule has 1 saturated heterocycles. The molecule has 2 atom stereocenters. The van der Waals surface area contributed by atoms with Crippen molar-refractivity contribution >= 4 is 5.91 Å². The number of hydrogen-bond donors (Lipinski definition) is 1. The Balaban J connectivity index is 2.12. The summed E-state index contributed by atoms with van der Waals surface area (Å²) in [6, 6.07) is 10.2. The minimum Gasteiger partial charge on any atom is -0.341 e. The summed E-state index contributed by atoms with van der Waals surface area (Å²) in [7, 11) is 0. The lowest BCUT2D eigenvalue weighted by Gasteiger charge is -2.23. The molecule has 0 bridgehead atoms. The van der Waals surface area contributed by atoms with Gasteiger partial charge in [0, 0.05) is 19.1 Å². The summed E-state index contributed by atoms with van der Waals surface area (Å²) in [5.74, 6) is 0.248. The van der Waals surface area contributed by atoms with E-state index in [9.17, 15) is 4.79 Å². The van der Waals surface area contributed by atoms with Gasteiger partial charge in [-0.1, -0.05) is 43.7 Å². The molecule has 1 aromatic carbocycles. The fourth-order valence-corrected chi connectivity index (χ4v) is 2.61. The molecule has 98 valence electrons. The molecule has 3 nitrogen and oxygen atoms in total. The number of carbonyl (C=O) groups is 1. The van der Waals surface area contributed by atoms with E-state index in [2.05, 4.69) is 6.92 Å². The van der Waals surface area contributed by atoms with Gasteiger partial charge in [0.1, 0.15) is 0 Å². The van der Waals surface area contributed by atoms with Gasteiger partial charge in [-0.25, -0.2) is 0 Å². The van der Waals surface area contributed by atoms with Gasteiger partial charge in [0.15, 0.2) is 0 Å². The van der Waals surface area contributed by atoms with Crippen LogP contribution < -0.4 is 5.73 Å². The Morgan fingerprint density at radius 2 is 2.17 bits per heavy atom. The second-order valence-electron chi connectivity index (χ2n) is 5.08. The van der Waals surface area contributed by atoms with Crippen LogP contribution >= 0.6 is 0 Å². The molecule has 0 aromatic heterocycles. The zero-order valence-electron chi connectivity index (χ0n) is 11.0. The first-order valence-electron chi connectivity index (χ1n) is 6.81. The maximum absolute atomic E-state index is 12.6. The highest BCUT2D eigenvalue weighted by atomic mass is 16.2. The molecule has 0 aliphatic carbocycles. The molecule has 18 heavy (non-hydrogen) atoms. The lowest BCUT2D eigenvalue weighted by molar-refractivity contribution is -0.132. The molecule has 1 fully saturated rings. The van der Waals surface area contributed by atoms with Crippen LogP contribution in [0.25, 0.3) is 0 Å². The van der Waals surface area contributed by atoms with Gasteiger partial charge in [0.25, 0.3) is 0 Å². The Hall–Kier alpha value is -1.35. The average Bonchev–Trinajstić information content (AvgIpc) is 2.83. The number of rotatable bonds is 4. The zero-order valence-corrected chi connectivity index (χ0v) is 11.0.